The number of nitrogens with one attached hydrogen (secondary N) is 1. The molecule has 0 atom stereocenters. The van der Waals surface area contributed by atoms with E-state index in [-0.39, 0.29) is 5.75 Å². The minimum Gasteiger partial charge on any atom is -0.507 e. The molecule has 4 aromatic rings. The summed E-state index contributed by atoms with van der Waals surface area (Å²) < 4.78 is 5.39. The molecule has 0 saturated heterocycles. The number of anilines is 1. The van der Waals surface area contributed by atoms with Crippen molar-refractivity contribution in [3.8, 4) is 22.9 Å². The van der Waals surface area contributed by atoms with Crippen molar-refractivity contribution in [3.63, 3.8) is 0 Å². The predicted molar refractivity (Wildman–Crippen MR) is 120 cm³/mol. The minimum atomic E-state index is 0.0967. The van der Waals surface area contributed by atoms with Crippen molar-refractivity contribution < 1.29 is 9.84 Å². The Balaban J connectivity index is 1.65. The number of fused-ring (bicyclic) bond motifs is 1. The molecule has 0 fully saturated rings. The second-order valence-electron chi connectivity index (χ2n) is 6.80. The number of hydrazone groups is 1. The standard InChI is InChI=1S/C24H22N4O2/c1-3-30-19-13-12-18(22(29)14-19)15-25-28-24-20-6-4-5-7-21(20)26-23(27-24)17-10-8-16(2)9-11-17/h4-15,29H,3H2,1-2H3,(H,26,27,28)/b25-15+. The van der Waals surface area contributed by atoms with Gasteiger partial charge in [0.15, 0.2) is 11.6 Å². The number of rotatable bonds is 6. The SMILES string of the molecule is CCOc1ccc(/C=N/Nc2nc(-c3ccc(C)cc3)nc3ccccc23)c(O)c1. The molecule has 30 heavy (non-hydrogen) atoms. The van der Waals surface area contributed by atoms with Crippen molar-refractivity contribution in [3.05, 3.63) is 77.9 Å². The monoisotopic (exact) mass is 398 g/mol. The van der Waals surface area contributed by atoms with E-state index in [0.717, 1.165) is 16.5 Å². The molecule has 0 radical (unpaired) electrons. The van der Waals surface area contributed by atoms with Crippen molar-refractivity contribution in [1.82, 2.24) is 9.97 Å². The van der Waals surface area contributed by atoms with Crippen LogP contribution < -0.4 is 10.2 Å². The van der Waals surface area contributed by atoms with Crippen molar-refractivity contribution in [1.29, 1.82) is 0 Å². The molecule has 0 saturated carbocycles. The number of nitrogens with zero attached hydrogens (tertiary/aromatic N) is 3. The topological polar surface area (TPSA) is 79.6 Å². The Labute approximate surface area is 174 Å². The van der Waals surface area contributed by atoms with Gasteiger partial charge in [-0.2, -0.15) is 5.10 Å². The zero-order valence-corrected chi connectivity index (χ0v) is 16.8. The van der Waals surface area contributed by atoms with Crippen LogP contribution in [0.25, 0.3) is 22.3 Å². The lowest BCUT2D eigenvalue weighted by molar-refractivity contribution is 0.337. The van der Waals surface area contributed by atoms with Crippen molar-refractivity contribution in [2.24, 2.45) is 5.10 Å². The maximum atomic E-state index is 10.2. The van der Waals surface area contributed by atoms with Gasteiger partial charge in [-0.05, 0) is 38.1 Å². The summed E-state index contributed by atoms with van der Waals surface area (Å²) >= 11 is 0. The van der Waals surface area contributed by atoms with Crippen molar-refractivity contribution >= 4 is 22.9 Å². The van der Waals surface area contributed by atoms with Crippen LogP contribution in [0.5, 0.6) is 11.5 Å². The normalized spacial score (nSPS) is 11.1. The maximum absolute atomic E-state index is 10.2. The number of phenols is 1. The first-order valence-corrected chi connectivity index (χ1v) is 9.73. The van der Waals surface area contributed by atoms with Crippen LogP contribution in [0, 0.1) is 6.92 Å². The summed E-state index contributed by atoms with van der Waals surface area (Å²) in [6, 6.07) is 21.0. The second-order valence-corrected chi connectivity index (χ2v) is 6.80. The van der Waals surface area contributed by atoms with E-state index in [2.05, 4.69) is 20.5 Å². The Hall–Kier alpha value is -3.93. The molecule has 4 rings (SSSR count). The third-order valence-corrected chi connectivity index (χ3v) is 4.60. The lowest BCUT2D eigenvalue weighted by atomic mass is 10.1. The number of phenolic OH excluding ortho intramolecular Hbond substituents is 1. The third-order valence-electron chi connectivity index (χ3n) is 4.60. The molecule has 2 N–H and O–H groups in total. The molecule has 0 aliphatic carbocycles. The predicted octanol–water partition coefficient (Wildman–Crippen LogP) is 5.16. The minimum absolute atomic E-state index is 0.0967. The highest BCUT2D eigenvalue weighted by atomic mass is 16.5. The van der Waals surface area contributed by atoms with E-state index in [1.165, 1.54) is 5.56 Å². The Bertz CT molecular complexity index is 1200. The van der Waals surface area contributed by atoms with E-state index in [0.29, 0.717) is 29.6 Å². The molecule has 1 aromatic heterocycles. The van der Waals surface area contributed by atoms with Crippen LogP contribution in [0.1, 0.15) is 18.1 Å². The van der Waals surface area contributed by atoms with Crippen molar-refractivity contribution in [2.75, 3.05) is 12.0 Å². The summed E-state index contributed by atoms with van der Waals surface area (Å²) in [7, 11) is 0. The molecule has 3 aromatic carbocycles. The Kier molecular flexibility index (Phi) is 5.57. The van der Waals surface area contributed by atoms with E-state index >= 15 is 0 Å². The molecule has 0 aliphatic heterocycles. The van der Waals surface area contributed by atoms with Crippen LogP contribution >= 0.6 is 0 Å². The molecule has 0 unspecified atom stereocenters. The fraction of sp³-hybridized carbons (Fsp3) is 0.125. The quantitative estimate of drug-likeness (QED) is 0.347. The lowest BCUT2D eigenvalue weighted by Crippen LogP contribution is -1.99. The molecule has 0 aliphatic rings. The number of aromatic nitrogens is 2. The summed E-state index contributed by atoms with van der Waals surface area (Å²) in [6.45, 7) is 4.48. The summed E-state index contributed by atoms with van der Waals surface area (Å²) in [5, 5.41) is 15.3. The fourth-order valence-electron chi connectivity index (χ4n) is 3.05. The van der Waals surface area contributed by atoms with Gasteiger partial charge >= 0.3 is 0 Å². The highest BCUT2D eigenvalue weighted by Gasteiger charge is 2.09. The van der Waals surface area contributed by atoms with Gasteiger partial charge in [0, 0.05) is 22.6 Å². The number of hydrogen-bond donors (Lipinski definition) is 2. The number of benzene rings is 3. The number of para-hydroxylation sites is 1. The average Bonchev–Trinajstić information content (AvgIpc) is 2.76. The molecular weight excluding hydrogens is 376 g/mol. The van der Waals surface area contributed by atoms with Crippen LogP contribution in [-0.2, 0) is 0 Å². The maximum Gasteiger partial charge on any atom is 0.162 e. The molecule has 6 nitrogen and oxygen atoms in total. The molecule has 0 amide bonds. The zero-order chi connectivity index (χ0) is 20.9. The van der Waals surface area contributed by atoms with Crippen LogP contribution in [-0.4, -0.2) is 27.9 Å². The van der Waals surface area contributed by atoms with Gasteiger partial charge < -0.3 is 9.84 Å². The number of hydrogen-bond acceptors (Lipinski definition) is 6. The smallest absolute Gasteiger partial charge is 0.162 e. The van der Waals surface area contributed by atoms with Gasteiger partial charge in [0.2, 0.25) is 0 Å². The summed E-state index contributed by atoms with van der Waals surface area (Å²) in [4.78, 5) is 9.36. The highest BCUT2D eigenvalue weighted by molar-refractivity contribution is 5.91. The summed E-state index contributed by atoms with van der Waals surface area (Å²) in [6.07, 6.45) is 1.55. The van der Waals surface area contributed by atoms with Crippen LogP contribution in [0.15, 0.2) is 71.8 Å². The van der Waals surface area contributed by atoms with E-state index in [4.69, 9.17) is 4.74 Å². The van der Waals surface area contributed by atoms with Gasteiger partial charge in [0.1, 0.15) is 11.5 Å². The average molecular weight is 398 g/mol. The lowest BCUT2D eigenvalue weighted by Gasteiger charge is -2.09. The highest BCUT2D eigenvalue weighted by Crippen LogP contribution is 2.26. The Morgan fingerprint density at radius 3 is 2.60 bits per heavy atom. The third kappa shape index (κ3) is 4.22. The number of aryl methyl sites for hydroxylation is 1. The van der Waals surface area contributed by atoms with Crippen LogP contribution in [0.3, 0.4) is 0 Å². The van der Waals surface area contributed by atoms with E-state index in [1.54, 1.807) is 24.4 Å². The second kappa shape index (κ2) is 8.61. The summed E-state index contributed by atoms with van der Waals surface area (Å²) in [5.74, 6) is 1.93. The van der Waals surface area contributed by atoms with Crippen LogP contribution in [0.4, 0.5) is 5.82 Å². The van der Waals surface area contributed by atoms with Gasteiger partial charge in [-0.1, -0.05) is 42.0 Å². The molecular formula is C24H22N4O2. The van der Waals surface area contributed by atoms with Gasteiger partial charge in [-0.25, -0.2) is 9.97 Å². The first kappa shape index (κ1) is 19.4. The number of ether oxygens (including phenoxy) is 1. The first-order valence-electron chi connectivity index (χ1n) is 9.73. The molecule has 0 spiro atoms. The van der Waals surface area contributed by atoms with Gasteiger partial charge in [0.05, 0.1) is 18.3 Å². The molecule has 6 heteroatoms. The van der Waals surface area contributed by atoms with E-state index < -0.39 is 0 Å². The largest absolute Gasteiger partial charge is 0.507 e. The molecule has 150 valence electrons. The Morgan fingerprint density at radius 2 is 1.83 bits per heavy atom. The fourth-order valence-corrected chi connectivity index (χ4v) is 3.05. The van der Waals surface area contributed by atoms with Crippen molar-refractivity contribution in [2.45, 2.75) is 13.8 Å². The number of aromatic hydroxyl groups is 1. The summed E-state index contributed by atoms with van der Waals surface area (Å²) in [5.41, 5.74) is 6.51. The van der Waals surface area contributed by atoms with E-state index in [1.807, 2.05) is 62.4 Å². The zero-order valence-electron chi connectivity index (χ0n) is 16.8. The van der Waals surface area contributed by atoms with Gasteiger partial charge in [-0.15, -0.1) is 0 Å². The Morgan fingerprint density at radius 1 is 1.03 bits per heavy atom. The first-order chi connectivity index (χ1) is 14.6. The van der Waals surface area contributed by atoms with E-state index in [9.17, 15) is 5.11 Å². The molecule has 0 bridgehead atoms. The van der Waals surface area contributed by atoms with Gasteiger partial charge in [-0.3, -0.25) is 5.43 Å². The van der Waals surface area contributed by atoms with Gasteiger partial charge in [0.25, 0.3) is 0 Å². The molecule has 1 heterocycles. The van der Waals surface area contributed by atoms with Crippen LogP contribution in [0.2, 0.25) is 0 Å².